The van der Waals surface area contributed by atoms with Gasteiger partial charge in [0.25, 0.3) is 23.6 Å². The van der Waals surface area contributed by atoms with Crippen molar-refractivity contribution in [2.75, 3.05) is 26.4 Å². The molecular weight excluding hydrogens is 1290 g/mol. The first-order chi connectivity index (χ1) is 50.3. The fourth-order valence-electron chi connectivity index (χ4n) is 14.8. The minimum atomic E-state index is -0.0348. The van der Waals surface area contributed by atoms with E-state index in [9.17, 15) is 19.2 Å². The molecule has 9 heterocycles. The Hall–Kier alpha value is -11.6. The van der Waals surface area contributed by atoms with Crippen LogP contribution in [0.3, 0.4) is 0 Å². The summed E-state index contributed by atoms with van der Waals surface area (Å²) >= 11 is 0. The molecule has 104 heavy (non-hydrogen) atoms. The van der Waals surface area contributed by atoms with Gasteiger partial charge in [0.05, 0.1) is 26.2 Å². The fraction of sp³-hybridized carbons (Fsp3) is 0.244. The summed E-state index contributed by atoms with van der Waals surface area (Å²) in [6.45, 7) is 15.6. The number of hydrogen-bond donors (Lipinski definition) is 0. The average Bonchev–Trinajstić information content (AvgIpc) is 1.62. The van der Waals surface area contributed by atoms with E-state index in [1.165, 1.54) is 78.4 Å². The van der Waals surface area contributed by atoms with E-state index in [2.05, 4.69) is 204 Å². The van der Waals surface area contributed by atoms with Crippen LogP contribution >= 0.6 is 0 Å². The zero-order chi connectivity index (χ0) is 72.5. The van der Waals surface area contributed by atoms with E-state index < -0.39 is 0 Å². The Bertz CT molecular complexity index is 5170. The van der Waals surface area contributed by atoms with E-state index in [0.29, 0.717) is 49.2 Å². The Labute approximate surface area is 610 Å². The molecule has 0 spiro atoms. The van der Waals surface area contributed by atoms with Crippen LogP contribution < -0.4 is 29.1 Å². The summed E-state index contributed by atoms with van der Waals surface area (Å²) in [5, 5.41) is 0. The molecule has 14 heteroatoms. The summed E-state index contributed by atoms with van der Waals surface area (Å²) in [4.78, 5) is 61.0. The van der Waals surface area contributed by atoms with Gasteiger partial charge in [-0.1, -0.05) is 151 Å². The molecular formula is C90H90N8O6. The van der Waals surface area contributed by atoms with Crippen molar-refractivity contribution in [2.24, 2.45) is 28.2 Å². The molecule has 0 atom stereocenters. The molecule has 526 valence electrons. The second-order valence-corrected chi connectivity index (χ2v) is 29.1. The minimum Gasteiger partial charge on any atom is -0.454 e. The van der Waals surface area contributed by atoms with E-state index in [4.69, 9.17) is 9.47 Å². The van der Waals surface area contributed by atoms with E-state index in [1.54, 1.807) is 18.2 Å². The number of hydrogen-bond acceptors (Lipinski definition) is 6. The molecule has 0 bridgehead atoms. The molecule has 0 saturated heterocycles. The number of nitrogens with zero attached hydrogens (tertiary/aromatic N) is 8. The Kier molecular flexibility index (Phi) is 19.6. The van der Waals surface area contributed by atoms with Gasteiger partial charge in [-0.05, 0) is 182 Å². The second kappa shape index (κ2) is 29.4. The van der Waals surface area contributed by atoms with Crippen molar-refractivity contribution in [2.45, 2.75) is 111 Å². The summed E-state index contributed by atoms with van der Waals surface area (Å²) in [7, 11) is 8.27. The largest absolute Gasteiger partial charge is 0.454 e. The lowest BCUT2D eigenvalue weighted by atomic mass is 9.86. The Balaban J connectivity index is 0.000000117. The Morgan fingerprint density at radius 1 is 0.365 bits per heavy atom. The van der Waals surface area contributed by atoms with Crippen molar-refractivity contribution in [1.82, 2.24) is 18.3 Å². The molecule has 0 N–H and O–H groups in total. The lowest BCUT2D eigenvalue weighted by molar-refractivity contribution is 0.0977. The van der Waals surface area contributed by atoms with Crippen molar-refractivity contribution in [3.8, 4) is 11.5 Å². The quantitative estimate of drug-likeness (QED) is 0.164. The highest BCUT2D eigenvalue weighted by Gasteiger charge is 2.32. The lowest BCUT2D eigenvalue weighted by Gasteiger charge is -2.24. The maximum absolute atomic E-state index is 13.4. The summed E-state index contributed by atoms with van der Waals surface area (Å²) in [5.74, 6) is 1.91. The van der Waals surface area contributed by atoms with Gasteiger partial charge in [0.15, 0.2) is 11.5 Å². The number of rotatable bonds is 6. The monoisotopic (exact) mass is 1380 g/mol. The molecule has 0 radical (unpaired) electrons. The summed E-state index contributed by atoms with van der Waals surface area (Å²) in [6, 6.07) is 70.8. The van der Waals surface area contributed by atoms with E-state index >= 15 is 0 Å². The van der Waals surface area contributed by atoms with Gasteiger partial charge in [-0.2, -0.15) is 0 Å². The summed E-state index contributed by atoms with van der Waals surface area (Å²) < 4.78 is 19.4. The molecule has 5 aliphatic rings. The zero-order valence-electron chi connectivity index (χ0n) is 61.2. The highest BCUT2D eigenvalue weighted by molar-refractivity contribution is 6.09. The number of ether oxygens (including phenoxy) is 2. The first-order valence-electron chi connectivity index (χ1n) is 36.1. The molecule has 12 aromatic rings. The first-order valence-corrected chi connectivity index (χ1v) is 36.1. The van der Waals surface area contributed by atoms with Crippen LogP contribution in [0.4, 0.5) is 22.7 Å². The molecule has 4 amide bonds. The Morgan fingerprint density at radius 3 is 1.01 bits per heavy atom. The third-order valence-electron chi connectivity index (χ3n) is 21.1. The SMILES string of the molecule is CC(C)c1ccc(C(=O)N2Cc3ccn(C)c3Cc3ccccc32)cc1.CCc1ccc(C(=O)N2Cc3ccn(C)c3Cc3ccccc32)cc1.Cn1ccc2c1Cc1ccccc1N(C(=O)c1ccc(C(C)(C)C)cc1)C2.Cn1ccc2c1Cc1ccccc1N(C(=O)c1ccc3c(c1)OCO3)C2. The van der Waals surface area contributed by atoms with Crippen molar-refractivity contribution in [1.29, 1.82) is 0 Å². The van der Waals surface area contributed by atoms with E-state index in [0.717, 1.165) is 77.1 Å². The lowest BCUT2D eigenvalue weighted by Crippen LogP contribution is -2.30. The number of benzene rings is 8. The summed E-state index contributed by atoms with van der Waals surface area (Å²) in [6.07, 6.45) is 12.7. The molecule has 8 aromatic carbocycles. The normalized spacial score (nSPS) is 13.7. The molecule has 0 aliphatic carbocycles. The van der Waals surface area contributed by atoms with Crippen LogP contribution in [0.25, 0.3) is 0 Å². The number of carbonyl (C=O) groups is 4. The average molecular weight is 1380 g/mol. The van der Waals surface area contributed by atoms with Crippen LogP contribution in [0.2, 0.25) is 0 Å². The first kappa shape index (κ1) is 69.4. The molecule has 5 aliphatic heterocycles. The summed E-state index contributed by atoms with van der Waals surface area (Å²) in [5.41, 5.74) is 25.3. The van der Waals surface area contributed by atoms with Crippen LogP contribution in [-0.4, -0.2) is 48.7 Å². The molecule has 0 saturated carbocycles. The van der Waals surface area contributed by atoms with Gasteiger partial charge in [0.1, 0.15) is 0 Å². The number of para-hydroxylation sites is 4. The van der Waals surface area contributed by atoms with Crippen LogP contribution in [0.5, 0.6) is 11.5 Å². The van der Waals surface area contributed by atoms with Crippen LogP contribution in [-0.2, 0) is 91.9 Å². The third kappa shape index (κ3) is 14.2. The molecule has 4 aromatic heterocycles. The second-order valence-electron chi connectivity index (χ2n) is 29.1. The third-order valence-corrected chi connectivity index (χ3v) is 21.1. The van der Waals surface area contributed by atoms with Crippen LogP contribution in [0.15, 0.2) is 237 Å². The molecule has 0 unspecified atom stereocenters. The van der Waals surface area contributed by atoms with Crippen LogP contribution in [0, 0.1) is 0 Å². The molecule has 0 fully saturated rings. The van der Waals surface area contributed by atoms with Gasteiger partial charge < -0.3 is 47.3 Å². The Morgan fingerprint density at radius 2 is 0.673 bits per heavy atom. The highest BCUT2D eigenvalue weighted by atomic mass is 16.7. The van der Waals surface area contributed by atoms with E-state index in [-0.39, 0.29) is 35.8 Å². The predicted molar refractivity (Wildman–Crippen MR) is 415 cm³/mol. The number of fused-ring (bicyclic) bond motifs is 9. The van der Waals surface area contributed by atoms with Crippen molar-refractivity contribution < 1.29 is 28.7 Å². The molecule has 17 rings (SSSR count). The maximum Gasteiger partial charge on any atom is 0.258 e. The number of amides is 4. The number of carbonyl (C=O) groups excluding carboxylic acids is 4. The standard InChI is InChI=1S/C24H26N2O.C23H24N2O.C22H22N2O.C21H18N2O3/c1-24(2,3)20-11-9-17(10-12-20)23(27)26-16-19-13-14-25(4)22(19)15-18-7-5-6-8-21(18)26;1-16(2)17-8-10-18(11-9-17)23(26)25-15-20-12-13-24(3)22(20)14-19-6-4-5-7-21(19)25;1-3-16-8-10-17(11-9-16)22(25)24-15-19-12-13-23(2)21(19)14-18-6-4-5-7-20(18)24;1-22-9-8-16-12-23(17-5-3-2-4-14(17)10-18(16)22)21(24)15-6-7-19-20(11-15)26-13-25-19/h5-14H,15-16H2,1-4H3;4-13,16H,14-15H2,1-3H3;4-13H,3,14-15H2,1-2H3;2-9,11H,10,12-13H2,1H3. The maximum atomic E-state index is 13.4. The minimum absolute atomic E-state index is 0.0348. The zero-order valence-corrected chi connectivity index (χ0v) is 61.2. The van der Waals surface area contributed by atoms with Crippen molar-refractivity contribution in [3.63, 3.8) is 0 Å². The smallest absolute Gasteiger partial charge is 0.258 e. The van der Waals surface area contributed by atoms with Gasteiger partial charge in [0.2, 0.25) is 6.79 Å². The van der Waals surface area contributed by atoms with Gasteiger partial charge in [-0.15, -0.1) is 0 Å². The van der Waals surface area contributed by atoms with Gasteiger partial charge in [0, 0.05) is 146 Å². The highest BCUT2D eigenvalue weighted by Crippen LogP contribution is 2.39. The van der Waals surface area contributed by atoms with E-state index in [1.807, 2.05) is 123 Å². The predicted octanol–water partition coefficient (Wildman–Crippen LogP) is 17.8. The topological polar surface area (TPSA) is 119 Å². The van der Waals surface area contributed by atoms with Gasteiger partial charge >= 0.3 is 0 Å². The fourth-order valence-corrected chi connectivity index (χ4v) is 14.8. The van der Waals surface area contributed by atoms with Gasteiger partial charge in [-0.25, -0.2) is 0 Å². The number of aromatic nitrogens is 4. The number of anilines is 4. The molecule has 14 nitrogen and oxygen atoms in total. The van der Waals surface area contributed by atoms with Crippen LogP contribution in [0.1, 0.15) is 173 Å². The van der Waals surface area contributed by atoms with Gasteiger partial charge in [-0.3, -0.25) is 19.2 Å². The van der Waals surface area contributed by atoms with Crippen molar-refractivity contribution >= 4 is 46.4 Å². The number of aryl methyl sites for hydroxylation is 5. The van der Waals surface area contributed by atoms with Crippen molar-refractivity contribution in [3.05, 3.63) is 343 Å².